The highest BCUT2D eigenvalue weighted by Gasteiger charge is 2.48. The molecule has 5 atom stereocenters. The van der Waals surface area contributed by atoms with E-state index in [1.807, 2.05) is 60.7 Å². The van der Waals surface area contributed by atoms with E-state index in [0.717, 1.165) is 17.4 Å². The second kappa shape index (κ2) is 15.2. The van der Waals surface area contributed by atoms with Crippen LogP contribution in [0.4, 0.5) is 0 Å². The van der Waals surface area contributed by atoms with Gasteiger partial charge in [-0.2, -0.15) is 0 Å². The van der Waals surface area contributed by atoms with Crippen molar-refractivity contribution in [2.45, 2.75) is 70.2 Å². The first-order valence-corrected chi connectivity index (χ1v) is 12.7. The highest BCUT2D eigenvalue weighted by atomic mass is 16.6. The zero-order valence-electron chi connectivity index (χ0n) is 21.5. The quantitative estimate of drug-likeness (QED) is 0.276. The fourth-order valence-corrected chi connectivity index (χ4v) is 4.61. The number of rotatable bonds is 14. The first-order chi connectivity index (χ1) is 18.0. The molecule has 0 aromatic heterocycles. The van der Waals surface area contributed by atoms with Crippen molar-refractivity contribution in [1.82, 2.24) is 0 Å². The van der Waals surface area contributed by atoms with E-state index in [4.69, 9.17) is 23.7 Å². The summed E-state index contributed by atoms with van der Waals surface area (Å²) in [5.41, 5.74) is 1.92. The second-order valence-corrected chi connectivity index (χ2v) is 8.93. The summed E-state index contributed by atoms with van der Waals surface area (Å²) < 4.78 is 29.2. The van der Waals surface area contributed by atoms with E-state index in [1.54, 1.807) is 6.92 Å². The average Bonchev–Trinajstić information content (AvgIpc) is 2.92. The molecule has 200 valence electrons. The molecule has 0 amide bonds. The van der Waals surface area contributed by atoms with Gasteiger partial charge in [0, 0.05) is 18.8 Å². The van der Waals surface area contributed by atoms with Crippen molar-refractivity contribution in [2.75, 3.05) is 13.7 Å². The monoisotopic (exact) mass is 512 g/mol. The minimum absolute atomic E-state index is 0.0163. The SMILES string of the molecule is CCOC(=O)CC[C@H]1O[C@H](CC=O)[C@H](OCc2ccccc2)[C@@H](OCc2ccccc2)[C@H]1CC(=O)OC. The summed E-state index contributed by atoms with van der Waals surface area (Å²) in [6.07, 6.45) is -1.03. The summed E-state index contributed by atoms with van der Waals surface area (Å²) in [6, 6.07) is 19.4. The van der Waals surface area contributed by atoms with Gasteiger partial charge in [-0.15, -0.1) is 0 Å². The normalized spacial score (nSPS) is 23.2. The Bertz CT molecular complexity index is 964. The average molecular weight is 513 g/mol. The molecule has 8 heteroatoms. The summed E-state index contributed by atoms with van der Waals surface area (Å²) >= 11 is 0. The first-order valence-electron chi connectivity index (χ1n) is 12.7. The molecule has 1 aliphatic rings. The van der Waals surface area contributed by atoms with Crippen molar-refractivity contribution in [3.8, 4) is 0 Å². The Hall–Kier alpha value is -3.07. The van der Waals surface area contributed by atoms with Crippen molar-refractivity contribution in [3.63, 3.8) is 0 Å². The summed E-state index contributed by atoms with van der Waals surface area (Å²) in [6.45, 7) is 2.60. The third-order valence-corrected chi connectivity index (χ3v) is 6.41. The summed E-state index contributed by atoms with van der Waals surface area (Å²) in [7, 11) is 1.33. The molecule has 1 saturated heterocycles. The van der Waals surface area contributed by atoms with Crippen LogP contribution in [-0.2, 0) is 51.3 Å². The van der Waals surface area contributed by atoms with Crippen LogP contribution < -0.4 is 0 Å². The highest BCUT2D eigenvalue weighted by molar-refractivity contribution is 5.70. The predicted molar refractivity (Wildman–Crippen MR) is 135 cm³/mol. The van der Waals surface area contributed by atoms with Crippen molar-refractivity contribution >= 4 is 18.2 Å². The maximum Gasteiger partial charge on any atom is 0.305 e. The maximum absolute atomic E-state index is 12.5. The second-order valence-electron chi connectivity index (χ2n) is 8.93. The van der Waals surface area contributed by atoms with Gasteiger partial charge in [-0.1, -0.05) is 60.7 Å². The third-order valence-electron chi connectivity index (χ3n) is 6.41. The van der Waals surface area contributed by atoms with Crippen LogP contribution in [0.1, 0.15) is 43.7 Å². The van der Waals surface area contributed by atoms with Gasteiger partial charge in [-0.25, -0.2) is 0 Å². The number of ether oxygens (including phenoxy) is 5. The van der Waals surface area contributed by atoms with Gasteiger partial charge in [0.05, 0.1) is 51.7 Å². The molecule has 0 bridgehead atoms. The predicted octanol–water partition coefficient (Wildman–Crippen LogP) is 4.04. The Balaban J connectivity index is 1.90. The van der Waals surface area contributed by atoms with Crippen molar-refractivity contribution in [1.29, 1.82) is 0 Å². The molecule has 0 radical (unpaired) electrons. The minimum Gasteiger partial charge on any atom is -0.469 e. The van der Waals surface area contributed by atoms with Gasteiger partial charge in [0.15, 0.2) is 0 Å². The molecule has 37 heavy (non-hydrogen) atoms. The van der Waals surface area contributed by atoms with Crippen LogP contribution in [-0.4, -0.2) is 56.4 Å². The topological polar surface area (TPSA) is 97.4 Å². The van der Waals surface area contributed by atoms with Crippen LogP contribution in [0.5, 0.6) is 0 Å². The molecular weight excluding hydrogens is 476 g/mol. The minimum atomic E-state index is -0.623. The van der Waals surface area contributed by atoms with Gasteiger partial charge in [0.2, 0.25) is 0 Å². The van der Waals surface area contributed by atoms with Crippen LogP contribution in [0.25, 0.3) is 0 Å². The molecule has 1 aliphatic heterocycles. The summed E-state index contributed by atoms with van der Waals surface area (Å²) in [5.74, 6) is -1.23. The molecule has 1 fully saturated rings. The van der Waals surface area contributed by atoms with Crippen molar-refractivity contribution < 1.29 is 38.1 Å². The van der Waals surface area contributed by atoms with E-state index >= 15 is 0 Å². The fourth-order valence-electron chi connectivity index (χ4n) is 4.61. The molecule has 2 aromatic rings. The number of hydrogen-bond donors (Lipinski definition) is 0. The molecule has 2 aromatic carbocycles. The zero-order chi connectivity index (χ0) is 26.5. The summed E-state index contributed by atoms with van der Waals surface area (Å²) in [5, 5.41) is 0. The van der Waals surface area contributed by atoms with Crippen molar-refractivity contribution in [2.24, 2.45) is 5.92 Å². The van der Waals surface area contributed by atoms with E-state index < -0.39 is 36.3 Å². The molecule has 1 heterocycles. The Morgan fingerprint density at radius 1 is 0.865 bits per heavy atom. The first kappa shape index (κ1) is 28.5. The number of carbonyl (C=O) groups excluding carboxylic acids is 3. The van der Waals surface area contributed by atoms with E-state index in [0.29, 0.717) is 6.42 Å². The molecule has 3 rings (SSSR count). The lowest BCUT2D eigenvalue weighted by Crippen LogP contribution is -2.57. The number of methoxy groups -OCH3 is 1. The molecule has 8 nitrogen and oxygen atoms in total. The number of aldehydes is 1. The van der Waals surface area contributed by atoms with Gasteiger partial charge in [-0.3, -0.25) is 9.59 Å². The van der Waals surface area contributed by atoms with Crippen LogP contribution >= 0.6 is 0 Å². The van der Waals surface area contributed by atoms with Crippen LogP contribution in [0, 0.1) is 5.92 Å². The van der Waals surface area contributed by atoms with Gasteiger partial charge >= 0.3 is 11.9 Å². The number of carbonyl (C=O) groups is 3. The number of hydrogen-bond acceptors (Lipinski definition) is 8. The van der Waals surface area contributed by atoms with Gasteiger partial charge in [0.25, 0.3) is 0 Å². The maximum atomic E-state index is 12.5. The zero-order valence-corrected chi connectivity index (χ0v) is 21.5. The largest absolute Gasteiger partial charge is 0.469 e. The molecular formula is C29H36O8. The lowest BCUT2D eigenvalue weighted by Gasteiger charge is -2.46. The standard InChI is InChI=1S/C29H36O8/c1-3-34-26(31)15-14-24-23(18-27(32)33-2)28(35-19-21-10-6-4-7-11-21)29(25(37-24)16-17-30)36-20-22-12-8-5-9-13-22/h4-13,17,23-25,28-29H,3,14-16,18-20H2,1-2H3/t23-,24+,25+,28-,29-/m0/s1. The lowest BCUT2D eigenvalue weighted by molar-refractivity contribution is -0.238. The van der Waals surface area contributed by atoms with Crippen LogP contribution in [0.15, 0.2) is 60.7 Å². The van der Waals surface area contributed by atoms with Crippen LogP contribution in [0.3, 0.4) is 0 Å². The van der Waals surface area contributed by atoms with E-state index in [2.05, 4.69) is 0 Å². The van der Waals surface area contributed by atoms with E-state index in [1.165, 1.54) is 7.11 Å². The molecule has 0 saturated carbocycles. The Kier molecular flexibility index (Phi) is 11.7. The summed E-state index contributed by atoms with van der Waals surface area (Å²) in [4.78, 5) is 36.2. The molecule has 0 unspecified atom stereocenters. The van der Waals surface area contributed by atoms with Gasteiger partial charge in [0.1, 0.15) is 12.4 Å². The fraction of sp³-hybridized carbons (Fsp3) is 0.483. The van der Waals surface area contributed by atoms with Crippen molar-refractivity contribution in [3.05, 3.63) is 71.8 Å². The number of benzene rings is 2. The molecule has 0 spiro atoms. The molecule has 0 N–H and O–H groups in total. The number of esters is 2. The van der Waals surface area contributed by atoms with Crippen LogP contribution in [0.2, 0.25) is 0 Å². The third kappa shape index (κ3) is 8.77. The van der Waals surface area contributed by atoms with E-state index in [9.17, 15) is 14.4 Å². The highest BCUT2D eigenvalue weighted by Crippen LogP contribution is 2.37. The van der Waals surface area contributed by atoms with Gasteiger partial charge in [-0.05, 0) is 24.5 Å². The Labute approximate surface area is 218 Å². The molecule has 0 aliphatic carbocycles. The smallest absolute Gasteiger partial charge is 0.305 e. The Morgan fingerprint density at radius 2 is 1.46 bits per heavy atom. The van der Waals surface area contributed by atoms with E-state index in [-0.39, 0.29) is 45.1 Å². The lowest BCUT2D eigenvalue weighted by atomic mass is 9.81. The Morgan fingerprint density at radius 3 is 2.00 bits per heavy atom. The van der Waals surface area contributed by atoms with Gasteiger partial charge < -0.3 is 28.5 Å².